The number of rotatable bonds is 3. The van der Waals surface area contributed by atoms with Crippen LogP contribution in [0.1, 0.15) is 35.7 Å². The number of fused-ring (bicyclic) bond motifs is 2. The van der Waals surface area contributed by atoms with Crippen molar-refractivity contribution in [3.05, 3.63) is 88.5 Å². The van der Waals surface area contributed by atoms with Crippen molar-refractivity contribution in [1.82, 2.24) is 14.7 Å². The van der Waals surface area contributed by atoms with Crippen LogP contribution in [0, 0.1) is 17.7 Å². The summed E-state index contributed by atoms with van der Waals surface area (Å²) < 4.78 is 15.8. The van der Waals surface area contributed by atoms with Crippen LogP contribution in [0.5, 0.6) is 0 Å². The van der Waals surface area contributed by atoms with E-state index in [2.05, 4.69) is 0 Å². The first kappa shape index (κ1) is 19.7. The standard InChI is InChI=1S/C25H24FN3O2/c26-21-12-5-4-11-20(21)25(31)28-15-18-9-6-10-19(16-28)24(18)29-23(30)14-13-22(27-29)17-7-2-1-3-8-17/h1-5,7-8,11-14,18-19,24H,6,9-10,15-16H2. The van der Waals surface area contributed by atoms with Gasteiger partial charge in [-0.2, -0.15) is 5.10 Å². The summed E-state index contributed by atoms with van der Waals surface area (Å²) in [5, 5.41) is 4.73. The zero-order chi connectivity index (χ0) is 21.4. The Labute approximate surface area is 180 Å². The Hall–Kier alpha value is -3.28. The van der Waals surface area contributed by atoms with Crippen molar-refractivity contribution in [1.29, 1.82) is 0 Å². The summed E-state index contributed by atoms with van der Waals surface area (Å²) >= 11 is 0. The first-order chi connectivity index (χ1) is 15.1. The zero-order valence-electron chi connectivity index (χ0n) is 17.2. The highest BCUT2D eigenvalue weighted by atomic mass is 19.1. The fourth-order valence-electron chi connectivity index (χ4n) is 5.18. The molecule has 1 saturated heterocycles. The van der Waals surface area contributed by atoms with E-state index >= 15 is 0 Å². The lowest BCUT2D eigenvalue weighted by Crippen LogP contribution is -2.53. The SMILES string of the molecule is O=C(c1ccccc1F)N1CC2CCCC(C1)C2n1nc(-c2ccccc2)ccc1=O. The van der Waals surface area contributed by atoms with Gasteiger partial charge in [0.2, 0.25) is 0 Å². The zero-order valence-corrected chi connectivity index (χ0v) is 17.2. The first-order valence-corrected chi connectivity index (χ1v) is 10.8. The fraction of sp³-hybridized carbons (Fsp3) is 0.320. The van der Waals surface area contributed by atoms with Gasteiger partial charge >= 0.3 is 0 Å². The van der Waals surface area contributed by atoms with Gasteiger partial charge in [0.1, 0.15) is 5.82 Å². The number of aromatic nitrogens is 2. The number of piperidine rings is 1. The van der Waals surface area contributed by atoms with Crippen molar-refractivity contribution < 1.29 is 9.18 Å². The third-order valence-electron chi connectivity index (χ3n) is 6.59. The molecule has 3 aromatic rings. The number of nitrogens with zero attached hydrogens (tertiary/aromatic N) is 3. The number of carbonyl (C=O) groups excluding carboxylic acids is 1. The van der Waals surface area contributed by atoms with Gasteiger partial charge in [0.15, 0.2) is 0 Å². The molecule has 1 amide bonds. The first-order valence-electron chi connectivity index (χ1n) is 10.8. The molecule has 0 radical (unpaired) electrons. The molecule has 2 bridgehead atoms. The van der Waals surface area contributed by atoms with Gasteiger partial charge in [0.25, 0.3) is 11.5 Å². The maximum atomic E-state index is 14.2. The van der Waals surface area contributed by atoms with E-state index in [1.807, 2.05) is 30.3 Å². The second-order valence-electron chi connectivity index (χ2n) is 8.50. The summed E-state index contributed by atoms with van der Waals surface area (Å²) in [4.78, 5) is 27.5. The van der Waals surface area contributed by atoms with Crippen LogP contribution in [0.2, 0.25) is 0 Å². The summed E-state index contributed by atoms with van der Waals surface area (Å²) in [7, 11) is 0. The van der Waals surface area contributed by atoms with E-state index in [4.69, 9.17) is 5.10 Å². The Bertz CT molecular complexity index is 1150. The topological polar surface area (TPSA) is 55.2 Å². The van der Waals surface area contributed by atoms with Crippen molar-refractivity contribution in [2.45, 2.75) is 25.3 Å². The van der Waals surface area contributed by atoms with E-state index in [0.29, 0.717) is 13.1 Å². The van der Waals surface area contributed by atoms with Crippen molar-refractivity contribution in [3.8, 4) is 11.3 Å². The van der Waals surface area contributed by atoms with Gasteiger partial charge in [0.05, 0.1) is 17.3 Å². The highest BCUT2D eigenvalue weighted by molar-refractivity contribution is 5.94. The molecular weight excluding hydrogens is 393 g/mol. The predicted octanol–water partition coefficient (Wildman–Crippen LogP) is 4.16. The second kappa shape index (κ2) is 8.10. The van der Waals surface area contributed by atoms with Crippen molar-refractivity contribution in [3.63, 3.8) is 0 Å². The summed E-state index contributed by atoms with van der Waals surface area (Å²) in [5.41, 5.74) is 1.73. The predicted molar refractivity (Wildman–Crippen MR) is 116 cm³/mol. The van der Waals surface area contributed by atoms with Crippen LogP contribution in [0.4, 0.5) is 4.39 Å². The third-order valence-corrected chi connectivity index (χ3v) is 6.59. The normalized spacial score (nSPS) is 22.9. The number of likely N-dealkylation sites (tertiary alicyclic amines) is 1. The van der Waals surface area contributed by atoms with Gasteiger partial charge < -0.3 is 4.90 Å². The molecule has 2 atom stereocenters. The highest BCUT2D eigenvalue weighted by Gasteiger charge is 2.43. The Balaban J connectivity index is 1.46. The lowest BCUT2D eigenvalue weighted by Gasteiger charge is -2.47. The van der Waals surface area contributed by atoms with Gasteiger partial charge in [-0.1, -0.05) is 48.9 Å². The Morgan fingerprint density at radius 3 is 2.29 bits per heavy atom. The smallest absolute Gasteiger partial charge is 0.267 e. The molecule has 6 heteroatoms. The molecule has 0 N–H and O–H groups in total. The van der Waals surface area contributed by atoms with Gasteiger partial charge in [-0.3, -0.25) is 9.59 Å². The molecule has 158 valence electrons. The van der Waals surface area contributed by atoms with Crippen LogP contribution in [0.25, 0.3) is 11.3 Å². The van der Waals surface area contributed by atoms with Crippen LogP contribution in [0.15, 0.2) is 71.5 Å². The van der Waals surface area contributed by atoms with E-state index < -0.39 is 5.82 Å². The third kappa shape index (κ3) is 3.67. The molecule has 1 saturated carbocycles. The van der Waals surface area contributed by atoms with Crippen molar-refractivity contribution in [2.24, 2.45) is 11.8 Å². The molecule has 5 rings (SSSR count). The van der Waals surface area contributed by atoms with Crippen molar-refractivity contribution >= 4 is 5.91 Å². The molecular formula is C25H24FN3O2. The molecule has 1 aromatic heterocycles. The Kier molecular flexibility index (Phi) is 5.14. The average molecular weight is 417 g/mol. The van der Waals surface area contributed by atoms with Crippen LogP contribution in [-0.4, -0.2) is 33.7 Å². The van der Waals surface area contributed by atoms with Crippen LogP contribution < -0.4 is 5.56 Å². The Morgan fingerprint density at radius 1 is 0.903 bits per heavy atom. The highest BCUT2D eigenvalue weighted by Crippen LogP contribution is 2.42. The molecule has 1 aliphatic heterocycles. The van der Waals surface area contributed by atoms with Gasteiger partial charge in [0, 0.05) is 24.7 Å². The van der Waals surface area contributed by atoms with Gasteiger partial charge in [-0.05, 0) is 42.9 Å². The molecule has 2 aromatic carbocycles. The summed E-state index contributed by atoms with van der Waals surface area (Å²) in [6, 6.07) is 19.2. The van der Waals surface area contributed by atoms with Crippen molar-refractivity contribution in [2.75, 3.05) is 13.1 Å². The van der Waals surface area contributed by atoms with E-state index in [0.717, 1.165) is 30.5 Å². The molecule has 2 unspecified atom stereocenters. The number of hydrogen-bond acceptors (Lipinski definition) is 3. The minimum atomic E-state index is -0.492. The number of hydrogen-bond donors (Lipinski definition) is 0. The molecule has 2 fully saturated rings. The van der Waals surface area contributed by atoms with Crippen LogP contribution >= 0.6 is 0 Å². The maximum Gasteiger partial charge on any atom is 0.267 e. The summed E-state index contributed by atoms with van der Waals surface area (Å²) in [5.74, 6) is -0.515. The van der Waals surface area contributed by atoms with E-state index in [9.17, 15) is 14.0 Å². The summed E-state index contributed by atoms with van der Waals surface area (Å²) in [6.45, 7) is 1.02. The number of benzene rings is 2. The monoisotopic (exact) mass is 417 g/mol. The molecule has 0 spiro atoms. The molecule has 2 aliphatic rings. The van der Waals surface area contributed by atoms with E-state index in [-0.39, 0.29) is 34.9 Å². The van der Waals surface area contributed by atoms with E-state index in [1.165, 1.54) is 12.1 Å². The maximum absolute atomic E-state index is 14.2. The number of carbonyl (C=O) groups is 1. The Morgan fingerprint density at radius 2 is 1.58 bits per heavy atom. The second-order valence-corrected chi connectivity index (χ2v) is 8.50. The fourth-order valence-corrected chi connectivity index (χ4v) is 5.18. The lowest BCUT2D eigenvalue weighted by atomic mass is 9.73. The minimum Gasteiger partial charge on any atom is -0.338 e. The number of halogens is 1. The van der Waals surface area contributed by atoms with Crippen LogP contribution in [-0.2, 0) is 0 Å². The summed E-state index contributed by atoms with van der Waals surface area (Å²) in [6.07, 6.45) is 2.92. The molecule has 1 aliphatic carbocycles. The average Bonchev–Trinajstić information content (AvgIpc) is 2.79. The quantitative estimate of drug-likeness (QED) is 0.643. The minimum absolute atomic E-state index is 0.0467. The molecule has 5 nitrogen and oxygen atoms in total. The van der Waals surface area contributed by atoms with Crippen LogP contribution in [0.3, 0.4) is 0 Å². The molecule has 2 heterocycles. The van der Waals surface area contributed by atoms with Gasteiger partial charge in [-0.15, -0.1) is 0 Å². The largest absolute Gasteiger partial charge is 0.338 e. The lowest BCUT2D eigenvalue weighted by molar-refractivity contribution is 0.0193. The van der Waals surface area contributed by atoms with E-state index in [1.54, 1.807) is 33.8 Å². The van der Waals surface area contributed by atoms with Gasteiger partial charge in [-0.25, -0.2) is 9.07 Å². The number of amides is 1. The molecule has 31 heavy (non-hydrogen) atoms.